The zero-order valence-corrected chi connectivity index (χ0v) is 14.8. The van der Waals surface area contributed by atoms with Crippen LogP contribution in [0.5, 0.6) is 0 Å². The van der Waals surface area contributed by atoms with Gasteiger partial charge in [-0.2, -0.15) is 0 Å². The number of allylic oxidation sites excluding steroid dienone is 8. The summed E-state index contributed by atoms with van der Waals surface area (Å²) in [5.74, 6) is 0.585. The molecule has 21 heavy (non-hydrogen) atoms. The maximum absolute atomic E-state index is 4.14. The molecule has 0 heteroatoms. The summed E-state index contributed by atoms with van der Waals surface area (Å²) < 4.78 is 0. The molecule has 0 heterocycles. The molecule has 0 saturated carbocycles. The lowest BCUT2D eigenvalue weighted by atomic mass is 9.92. The van der Waals surface area contributed by atoms with Gasteiger partial charge in [0.05, 0.1) is 0 Å². The van der Waals surface area contributed by atoms with E-state index in [0.29, 0.717) is 5.92 Å². The average molecular weight is 287 g/mol. The Balaban J connectivity index is 4.24. The minimum absolute atomic E-state index is 0.585. The van der Waals surface area contributed by atoms with Crippen LogP contribution in [-0.2, 0) is 0 Å². The molecule has 0 spiro atoms. The molecule has 118 valence electrons. The van der Waals surface area contributed by atoms with Crippen molar-refractivity contribution >= 4 is 0 Å². The van der Waals surface area contributed by atoms with Gasteiger partial charge in [-0.05, 0) is 72.6 Å². The van der Waals surface area contributed by atoms with Gasteiger partial charge in [0.2, 0.25) is 0 Å². The molecule has 0 fully saturated rings. The molecular weight excluding hydrogens is 252 g/mol. The van der Waals surface area contributed by atoms with E-state index in [2.05, 4.69) is 65.2 Å². The number of hydrogen-bond donors (Lipinski definition) is 0. The van der Waals surface area contributed by atoms with Crippen LogP contribution >= 0.6 is 0 Å². The van der Waals surface area contributed by atoms with Gasteiger partial charge in [-0.15, -0.1) is 0 Å². The van der Waals surface area contributed by atoms with Crippen LogP contribution in [0.3, 0.4) is 0 Å². The first-order chi connectivity index (χ1) is 9.86. The second kappa shape index (κ2) is 11.4. The van der Waals surface area contributed by atoms with Gasteiger partial charge >= 0.3 is 0 Å². The molecule has 0 radical (unpaired) electrons. The summed E-state index contributed by atoms with van der Waals surface area (Å²) in [5.41, 5.74) is 5.39. The molecule has 0 aliphatic rings. The first kappa shape index (κ1) is 19.7. The first-order valence-corrected chi connectivity index (χ1v) is 8.11. The lowest BCUT2D eigenvalue weighted by molar-refractivity contribution is 0.574. The highest BCUT2D eigenvalue weighted by Crippen LogP contribution is 2.21. The Morgan fingerprint density at radius 2 is 1.62 bits per heavy atom. The third-order valence-corrected chi connectivity index (χ3v) is 3.93. The molecule has 0 aliphatic heterocycles. The molecule has 0 bridgehead atoms. The third kappa shape index (κ3) is 11.1. The second-order valence-corrected chi connectivity index (χ2v) is 6.29. The van der Waals surface area contributed by atoms with E-state index in [4.69, 9.17) is 0 Å². The van der Waals surface area contributed by atoms with Gasteiger partial charge in [-0.25, -0.2) is 0 Å². The van der Waals surface area contributed by atoms with Crippen molar-refractivity contribution < 1.29 is 0 Å². The van der Waals surface area contributed by atoms with Crippen molar-refractivity contribution in [1.82, 2.24) is 0 Å². The van der Waals surface area contributed by atoms with Crippen LogP contribution < -0.4 is 0 Å². The fourth-order valence-electron chi connectivity index (χ4n) is 2.17. The Labute approximate surface area is 133 Å². The Hall–Kier alpha value is -1.30. The van der Waals surface area contributed by atoms with E-state index in [0.717, 1.165) is 18.4 Å². The summed E-state index contributed by atoms with van der Waals surface area (Å²) in [7, 11) is 0. The summed E-state index contributed by atoms with van der Waals surface area (Å²) in [6.07, 6.45) is 14.7. The summed E-state index contributed by atoms with van der Waals surface area (Å²) in [6, 6.07) is 0. The summed E-state index contributed by atoms with van der Waals surface area (Å²) in [6.45, 7) is 18.8. The van der Waals surface area contributed by atoms with Gasteiger partial charge in [-0.3, -0.25) is 0 Å². The molecule has 0 amide bonds. The van der Waals surface area contributed by atoms with E-state index in [-0.39, 0.29) is 0 Å². The molecule has 0 aromatic heterocycles. The molecular formula is C21H34. The van der Waals surface area contributed by atoms with Crippen molar-refractivity contribution in [3.05, 3.63) is 59.8 Å². The molecule has 0 N–H and O–H groups in total. The van der Waals surface area contributed by atoms with Crippen LogP contribution in [0.1, 0.15) is 66.7 Å². The Morgan fingerprint density at radius 1 is 1.00 bits per heavy atom. The van der Waals surface area contributed by atoms with Gasteiger partial charge < -0.3 is 0 Å². The molecule has 0 nitrogen and oxygen atoms in total. The van der Waals surface area contributed by atoms with E-state index in [1.807, 2.05) is 6.92 Å². The quantitative estimate of drug-likeness (QED) is 0.295. The highest BCUT2D eigenvalue weighted by molar-refractivity contribution is 5.12. The van der Waals surface area contributed by atoms with E-state index in [1.165, 1.54) is 36.0 Å². The van der Waals surface area contributed by atoms with Crippen molar-refractivity contribution in [2.75, 3.05) is 0 Å². The molecule has 1 atom stereocenters. The van der Waals surface area contributed by atoms with Gasteiger partial charge in [0, 0.05) is 0 Å². The van der Waals surface area contributed by atoms with Gasteiger partial charge in [0.1, 0.15) is 0 Å². The lowest BCUT2D eigenvalue weighted by Gasteiger charge is -2.14. The predicted molar refractivity (Wildman–Crippen MR) is 98.5 cm³/mol. The van der Waals surface area contributed by atoms with E-state index in [9.17, 15) is 0 Å². The summed E-state index contributed by atoms with van der Waals surface area (Å²) in [5, 5.41) is 0. The van der Waals surface area contributed by atoms with Gasteiger partial charge in [-0.1, -0.05) is 59.8 Å². The normalized spacial score (nSPS) is 14.5. The predicted octanol–water partition coefficient (Wildman–Crippen LogP) is 7.17. The number of rotatable bonds is 10. The smallest absolute Gasteiger partial charge is 0.0171 e. The monoisotopic (exact) mass is 286 g/mol. The zero-order valence-electron chi connectivity index (χ0n) is 14.8. The largest absolute Gasteiger partial charge is 0.0998 e. The van der Waals surface area contributed by atoms with Crippen LogP contribution in [-0.4, -0.2) is 0 Å². The van der Waals surface area contributed by atoms with Crippen LogP contribution in [0.2, 0.25) is 0 Å². The van der Waals surface area contributed by atoms with E-state index in [1.54, 1.807) is 0 Å². The molecule has 0 rings (SSSR count). The third-order valence-electron chi connectivity index (χ3n) is 3.93. The van der Waals surface area contributed by atoms with E-state index >= 15 is 0 Å². The molecule has 0 aromatic carbocycles. The number of hydrogen-bond acceptors (Lipinski definition) is 0. The van der Waals surface area contributed by atoms with Crippen LogP contribution in [0.4, 0.5) is 0 Å². The minimum Gasteiger partial charge on any atom is -0.0998 e. The molecule has 0 saturated heterocycles. The standard InChI is InChI=1S/C21H34/c1-8-19(6)15-16-20(7)12-10-14-21(18(4)5)13-9-11-17(2)3/h8-9,11-12,21H,2,4,10,13-16H2,1,3,5-7H3. The fraction of sp³-hybridized carbons (Fsp3) is 0.524. The highest BCUT2D eigenvalue weighted by Gasteiger charge is 2.06. The van der Waals surface area contributed by atoms with Crippen LogP contribution in [0.15, 0.2) is 59.8 Å². The Morgan fingerprint density at radius 3 is 2.14 bits per heavy atom. The maximum atomic E-state index is 4.14. The minimum atomic E-state index is 0.585. The van der Waals surface area contributed by atoms with Crippen molar-refractivity contribution in [3.63, 3.8) is 0 Å². The van der Waals surface area contributed by atoms with Crippen molar-refractivity contribution in [2.45, 2.75) is 66.7 Å². The van der Waals surface area contributed by atoms with E-state index < -0.39 is 0 Å². The van der Waals surface area contributed by atoms with Crippen molar-refractivity contribution in [2.24, 2.45) is 5.92 Å². The fourth-order valence-corrected chi connectivity index (χ4v) is 2.17. The summed E-state index contributed by atoms with van der Waals surface area (Å²) in [4.78, 5) is 0. The molecule has 0 aliphatic carbocycles. The molecule has 0 aromatic rings. The zero-order chi connectivity index (χ0) is 16.3. The Bertz CT molecular complexity index is 415. The highest BCUT2D eigenvalue weighted by atomic mass is 14.1. The first-order valence-electron chi connectivity index (χ1n) is 8.11. The lowest BCUT2D eigenvalue weighted by Crippen LogP contribution is -1.99. The van der Waals surface area contributed by atoms with Crippen LogP contribution in [0, 0.1) is 5.92 Å². The molecule has 1 unspecified atom stereocenters. The maximum Gasteiger partial charge on any atom is -0.0171 e. The van der Waals surface area contributed by atoms with Crippen molar-refractivity contribution in [3.8, 4) is 0 Å². The average Bonchev–Trinajstić information content (AvgIpc) is 2.42. The van der Waals surface area contributed by atoms with Crippen LogP contribution in [0.25, 0.3) is 0 Å². The second-order valence-electron chi connectivity index (χ2n) is 6.29. The Kier molecular flexibility index (Phi) is 10.7. The summed E-state index contributed by atoms with van der Waals surface area (Å²) >= 11 is 0. The van der Waals surface area contributed by atoms with Crippen molar-refractivity contribution in [1.29, 1.82) is 0 Å². The van der Waals surface area contributed by atoms with Gasteiger partial charge in [0.15, 0.2) is 0 Å². The van der Waals surface area contributed by atoms with Gasteiger partial charge in [0.25, 0.3) is 0 Å². The topological polar surface area (TPSA) is 0 Å². The SMILES string of the molecule is C=C(C)C=CCC(CCC=C(C)CCC(C)=CC)C(=C)C.